The molecule has 2 amide bonds. The number of hydrogen-bond donors (Lipinski definition) is 3. The minimum Gasteiger partial charge on any atom is -0.302 e. The Bertz CT molecular complexity index is 640. The number of nitrogens with zero attached hydrogens (tertiary/aromatic N) is 1. The van der Waals surface area contributed by atoms with Gasteiger partial charge in [0.2, 0.25) is 5.91 Å². The normalized spacial score (nSPS) is 10.5. The molecule has 0 fully saturated rings. The number of aromatic nitrogens is 1. The van der Waals surface area contributed by atoms with Gasteiger partial charge in [0, 0.05) is 24.4 Å². The van der Waals surface area contributed by atoms with Crippen molar-refractivity contribution in [2.75, 3.05) is 0 Å². The number of amides is 2. The zero-order valence-electron chi connectivity index (χ0n) is 19.8. The van der Waals surface area contributed by atoms with Crippen LogP contribution in [0.3, 0.4) is 0 Å². The molecule has 0 radical (unpaired) electrons. The van der Waals surface area contributed by atoms with Gasteiger partial charge in [-0.3, -0.25) is 25.4 Å². The van der Waals surface area contributed by atoms with Crippen molar-refractivity contribution in [2.45, 2.75) is 110 Å². The molecule has 0 unspecified atom stereocenters. The van der Waals surface area contributed by atoms with E-state index in [0.29, 0.717) is 12.0 Å². The van der Waals surface area contributed by atoms with E-state index >= 15 is 0 Å². The quantitative estimate of drug-likeness (QED) is 0.151. The molecule has 1 rings (SSSR count). The number of nitrogens with one attached hydrogen (secondary N) is 3. The first-order valence-corrected chi connectivity index (χ1v) is 12.8. The van der Waals surface area contributed by atoms with Crippen LogP contribution in [-0.4, -0.2) is 21.9 Å². The Balaban J connectivity index is 1.88. The van der Waals surface area contributed by atoms with Gasteiger partial charge >= 0.3 is 0 Å². The Morgan fingerprint density at radius 1 is 0.750 bits per heavy atom. The molecule has 0 aliphatic heterocycles. The lowest BCUT2D eigenvalue weighted by molar-refractivity contribution is -0.119. The van der Waals surface area contributed by atoms with Crippen LogP contribution in [0.15, 0.2) is 24.5 Å². The Hall–Kier alpha value is -2.02. The van der Waals surface area contributed by atoms with Gasteiger partial charge in [0.1, 0.15) is 0 Å². The fraction of sp³-hybridized carbons (Fsp3) is 0.680. The molecule has 7 heteroatoms. The molecule has 1 aromatic rings. The monoisotopic (exact) mass is 462 g/mol. The SMILES string of the molecule is CCCCCCCCCCCCCCCCCC(=O)NC(=S)NNC(=O)c1ccncc1. The van der Waals surface area contributed by atoms with Gasteiger partial charge in [0.15, 0.2) is 5.11 Å². The van der Waals surface area contributed by atoms with Crippen LogP contribution < -0.4 is 16.2 Å². The third kappa shape index (κ3) is 15.7. The van der Waals surface area contributed by atoms with Gasteiger partial charge in [-0.1, -0.05) is 96.8 Å². The van der Waals surface area contributed by atoms with Gasteiger partial charge in [-0.2, -0.15) is 0 Å². The van der Waals surface area contributed by atoms with Crippen molar-refractivity contribution in [3.8, 4) is 0 Å². The highest BCUT2D eigenvalue weighted by Crippen LogP contribution is 2.13. The van der Waals surface area contributed by atoms with Crippen LogP contribution in [0.5, 0.6) is 0 Å². The number of hydrazine groups is 1. The fourth-order valence-electron chi connectivity index (χ4n) is 3.57. The first-order valence-electron chi connectivity index (χ1n) is 12.4. The number of unbranched alkanes of at least 4 members (excludes halogenated alkanes) is 14. The highest BCUT2D eigenvalue weighted by Gasteiger charge is 2.07. The Labute approximate surface area is 199 Å². The molecule has 0 atom stereocenters. The van der Waals surface area contributed by atoms with Gasteiger partial charge in [-0.25, -0.2) is 0 Å². The van der Waals surface area contributed by atoms with E-state index < -0.39 is 0 Å². The molecule has 0 aliphatic rings. The Kier molecular flexibility index (Phi) is 17.2. The van der Waals surface area contributed by atoms with E-state index in [9.17, 15) is 9.59 Å². The number of pyridine rings is 1. The zero-order chi connectivity index (χ0) is 23.3. The summed E-state index contributed by atoms with van der Waals surface area (Å²) in [6, 6.07) is 3.18. The lowest BCUT2D eigenvalue weighted by Crippen LogP contribution is -2.48. The fourth-order valence-corrected chi connectivity index (χ4v) is 3.73. The van der Waals surface area contributed by atoms with Crippen molar-refractivity contribution in [3.63, 3.8) is 0 Å². The smallest absolute Gasteiger partial charge is 0.269 e. The molecular formula is C25H42N4O2S. The van der Waals surface area contributed by atoms with E-state index in [0.717, 1.165) is 12.8 Å². The molecule has 0 aliphatic carbocycles. The van der Waals surface area contributed by atoms with Crippen LogP contribution >= 0.6 is 12.2 Å². The Morgan fingerprint density at radius 2 is 1.22 bits per heavy atom. The van der Waals surface area contributed by atoms with Crippen molar-refractivity contribution in [2.24, 2.45) is 0 Å². The van der Waals surface area contributed by atoms with Crippen LogP contribution in [0.2, 0.25) is 0 Å². The molecular weight excluding hydrogens is 420 g/mol. The maximum absolute atomic E-state index is 11.9. The summed E-state index contributed by atoms with van der Waals surface area (Å²) in [7, 11) is 0. The van der Waals surface area contributed by atoms with Gasteiger partial charge in [0.25, 0.3) is 5.91 Å². The predicted molar refractivity (Wildman–Crippen MR) is 135 cm³/mol. The maximum atomic E-state index is 11.9. The second-order valence-corrected chi connectivity index (χ2v) is 8.80. The number of rotatable bonds is 17. The summed E-state index contributed by atoms with van der Waals surface area (Å²) in [5.74, 6) is -0.471. The maximum Gasteiger partial charge on any atom is 0.269 e. The van der Waals surface area contributed by atoms with Gasteiger partial charge < -0.3 is 5.32 Å². The average molecular weight is 463 g/mol. The molecule has 0 saturated carbocycles. The third-order valence-corrected chi connectivity index (χ3v) is 5.70. The van der Waals surface area contributed by atoms with Gasteiger partial charge in [-0.15, -0.1) is 0 Å². The van der Waals surface area contributed by atoms with Crippen molar-refractivity contribution in [1.29, 1.82) is 0 Å². The lowest BCUT2D eigenvalue weighted by atomic mass is 10.0. The van der Waals surface area contributed by atoms with Crippen molar-refractivity contribution in [1.82, 2.24) is 21.2 Å². The highest BCUT2D eigenvalue weighted by molar-refractivity contribution is 7.80. The van der Waals surface area contributed by atoms with Crippen LogP contribution in [0.1, 0.15) is 120 Å². The molecule has 3 N–H and O–H groups in total. The van der Waals surface area contributed by atoms with Crippen molar-refractivity contribution in [3.05, 3.63) is 30.1 Å². The molecule has 0 spiro atoms. The molecule has 0 bridgehead atoms. The zero-order valence-corrected chi connectivity index (χ0v) is 20.6. The first-order chi connectivity index (χ1) is 15.6. The van der Waals surface area contributed by atoms with E-state index in [1.165, 1.54) is 95.9 Å². The number of thiocarbonyl (C=S) groups is 1. The topological polar surface area (TPSA) is 83.1 Å². The average Bonchev–Trinajstić information content (AvgIpc) is 2.80. The summed E-state index contributed by atoms with van der Waals surface area (Å²) in [6.07, 6.45) is 23.0. The number of carbonyl (C=O) groups excluding carboxylic acids is 2. The summed E-state index contributed by atoms with van der Waals surface area (Å²) >= 11 is 5.04. The standard InChI is InChI=1S/C25H42N4O2S/c1-2-3-4-5-6-7-8-9-10-11-12-13-14-15-16-17-23(30)27-25(32)29-28-24(31)22-18-20-26-21-19-22/h18-21H,2-17H2,1H3,(H,28,31)(H2,27,29,30,32). The van der Waals surface area contributed by atoms with Crippen molar-refractivity contribution >= 4 is 29.1 Å². The van der Waals surface area contributed by atoms with Crippen LogP contribution in [-0.2, 0) is 4.79 Å². The molecule has 1 heterocycles. The Morgan fingerprint density at radius 3 is 1.72 bits per heavy atom. The molecule has 0 aromatic carbocycles. The summed E-state index contributed by atoms with van der Waals surface area (Å²) in [5.41, 5.74) is 5.46. The van der Waals surface area contributed by atoms with E-state index in [1.807, 2.05) is 0 Å². The second-order valence-electron chi connectivity index (χ2n) is 8.39. The summed E-state index contributed by atoms with van der Waals surface area (Å²) in [4.78, 5) is 27.7. The van der Waals surface area contributed by atoms with Crippen LogP contribution in [0.4, 0.5) is 0 Å². The van der Waals surface area contributed by atoms with E-state index in [1.54, 1.807) is 12.1 Å². The predicted octanol–water partition coefficient (Wildman–Crippen LogP) is 5.98. The van der Waals surface area contributed by atoms with Gasteiger partial charge in [0.05, 0.1) is 0 Å². The van der Waals surface area contributed by atoms with E-state index in [-0.39, 0.29) is 16.9 Å². The van der Waals surface area contributed by atoms with Crippen LogP contribution in [0, 0.1) is 0 Å². The molecule has 32 heavy (non-hydrogen) atoms. The van der Waals surface area contributed by atoms with Crippen molar-refractivity contribution < 1.29 is 9.59 Å². The van der Waals surface area contributed by atoms with E-state index in [4.69, 9.17) is 12.2 Å². The highest BCUT2D eigenvalue weighted by atomic mass is 32.1. The third-order valence-electron chi connectivity index (χ3n) is 5.49. The summed E-state index contributed by atoms with van der Waals surface area (Å²) in [6.45, 7) is 2.27. The molecule has 6 nitrogen and oxygen atoms in total. The minimum absolute atomic E-state index is 0.0957. The molecule has 0 saturated heterocycles. The minimum atomic E-state index is -0.341. The largest absolute Gasteiger partial charge is 0.302 e. The van der Waals surface area contributed by atoms with Gasteiger partial charge in [-0.05, 0) is 30.8 Å². The van der Waals surface area contributed by atoms with E-state index in [2.05, 4.69) is 28.1 Å². The summed E-state index contributed by atoms with van der Waals surface area (Å²) < 4.78 is 0. The second kappa shape index (κ2) is 19.6. The van der Waals surface area contributed by atoms with Crippen LogP contribution in [0.25, 0.3) is 0 Å². The first kappa shape index (κ1) is 28.0. The number of hydrogen-bond acceptors (Lipinski definition) is 4. The molecule has 180 valence electrons. The lowest BCUT2D eigenvalue weighted by Gasteiger charge is -2.10. The number of carbonyl (C=O) groups is 2. The summed E-state index contributed by atoms with van der Waals surface area (Å²) in [5, 5.41) is 2.69. The molecule has 1 aromatic heterocycles.